The fourth-order valence-corrected chi connectivity index (χ4v) is 1.65. The van der Waals surface area contributed by atoms with Gasteiger partial charge in [0.25, 0.3) is 0 Å². The van der Waals surface area contributed by atoms with Gasteiger partial charge in [0, 0.05) is 9.50 Å². The molecular formula is C9H9BrClNO2. The third-order valence-electron chi connectivity index (χ3n) is 1.44. The highest BCUT2D eigenvalue weighted by Gasteiger charge is 2.05. The number of hydrogen-bond acceptors (Lipinski definition) is 2. The Morgan fingerprint density at radius 1 is 1.64 bits per heavy atom. The summed E-state index contributed by atoms with van der Waals surface area (Å²) >= 11 is 9.01. The van der Waals surface area contributed by atoms with E-state index in [2.05, 4.69) is 21.2 Å². The van der Waals surface area contributed by atoms with Crippen LogP contribution in [0.1, 0.15) is 6.92 Å². The first kappa shape index (κ1) is 11.3. The van der Waals surface area contributed by atoms with Crippen molar-refractivity contribution in [2.45, 2.75) is 6.92 Å². The average Bonchev–Trinajstić information content (AvgIpc) is 2.10. The van der Waals surface area contributed by atoms with Gasteiger partial charge in [-0.05, 0) is 41.1 Å². The Morgan fingerprint density at radius 2 is 2.36 bits per heavy atom. The first-order chi connectivity index (χ1) is 6.63. The highest BCUT2D eigenvalue weighted by atomic mass is 79.9. The van der Waals surface area contributed by atoms with Crippen LogP contribution in [0.15, 0.2) is 22.7 Å². The summed E-state index contributed by atoms with van der Waals surface area (Å²) in [6, 6.07) is 5.08. The zero-order valence-corrected chi connectivity index (χ0v) is 9.85. The first-order valence-corrected chi connectivity index (χ1v) is 5.19. The van der Waals surface area contributed by atoms with Crippen molar-refractivity contribution in [3.05, 3.63) is 27.7 Å². The van der Waals surface area contributed by atoms with Crippen molar-refractivity contribution in [2.75, 3.05) is 11.9 Å². The van der Waals surface area contributed by atoms with Gasteiger partial charge in [0.1, 0.15) is 0 Å². The van der Waals surface area contributed by atoms with Crippen molar-refractivity contribution in [3.8, 4) is 0 Å². The molecule has 0 aliphatic heterocycles. The van der Waals surface area contributed by atoms with Gasteiger partial charge in [-0.2, -0.15) is 0 Å². The Hall–Kier alpha value is -0.740. The molecule has 1 amide bonds. The molecule has 1 aromatic rings. The standard InChI is InChI=1S/C9H9BrClNO2/c1-2-14-9(13)12-8-4-3-6(11)5-7(8)10/h3-5H,2H2,1H3,(H,12,13). The van der Waals surface area contributed by atoms with Crippen LogP contribution in [0.5, 0.6) is 0 Å². The van der Waals surface area contributed by atoms with Crippen molar-refractivity contribution in [2.24, 2.45) is 0 Å². The first-order valence-electron chi connectivity index (χ1n) is 4.02. The van der Waals surface area contributed by atoms with Crippen LogP contribution in [-0.2, 0) is 4.74 Å². The van der Waals surface area contributed by atoms with Crippen LogP contribution >= 0.6 is 27.5 Å². The van der Waals surface area contributed by atoms with E-state index in [0.29, 0.717) is 17.3 Å². The Bertz CT molecular complexity index is 344. The summed E-state index contributed by atoms with van der Waals surface area (Å²) in [6.45, 7) is 2.09. The second-order valence-corrected chi connectivity index (χ2v) is 3.76. The number of anilines is 1. The third-order valence-corrected chi connectivity index (χ3v) is 2.33. The summed E-state index contributed by atoms with van der Waals surface area (Å²) in [5.41, 5.74) is 0.632. The summed E-state index contributed by atoms with van der Waals surface area (Å²) in [6.07, 6.45) is -0.476. The molecule has 0 atom stereocenters. The van der Waals surface area contributed by atoms with Crippen molar-refractivity contribution in [1.82, 2.24) is 0 Å². The van der Waals surface area contributed by atoms with Gasteiger partial charge >= 0.3 is 6.09 Å². The van der Waals surface area contributed by atoms with Gasteiger partial charge < -0.3 is 4.74 Å². The third kappa shape index (κ3) is 3.20. The smallest absolute Gasteiger partial charge is 0.411 e. The molecule has 76 valence electrons. The maximum atomic E-state index is 11.1. The molecule has 0 saturated heterocycles. The number of ether oxygens (including phenoxy) is 1. The van der Waals surface area contributed by atoms with E-state index in [0.717, 1.165) is 4.47 Å². The lowest BCUT2D eigenvalue weighted by atomic mass is 10.3. The number of hydrogen-bond donors (Lipinski definition) is 1. The molecule has 0 aliphatic rings. The summed E-state index contributed by atoms with van der Waals surface area (Å²) in [4.78, 5) is 11.1. The van der Waals surface area contributed by atoms with Crippen LogP contribution in [0.4, 0.5) is 10.5 Å². The van der Waals surface area contributed by atoms with Crippen LogP contribution in [0.3, 0.4) is 0 Å². The van der Waals surface area contributed by atoms with E-state index in [1.165, 1.54) is 0 Å². The molecular weight excluding hydrogens is 269 g/mol. The summed E-state index contributed by atoms with van der Waals surface area (Å²) in [5, 5.41) is 3.17. The zero-order valence-electron chi connectivity index (χ0n) is 7.51. The minimum Gasteiger partial charge on any atom is -0.450 e. The largest absolute Gasteiger partial charge is 0.450 e. The molecule has 1 aromatic carbocycles. The molecule has 0 unspecified atom stereocenters. The van der Waals surface area contributed by atoms with Crippen LogP contribution in [-0.4, -0.2) is 12.7 Å². The van der Waals surface area contributed by atoms with Gasteiger partial charge in [0.05, 0.1) is 12.3 Å². The van der Waals surface area contributed by atoms with E-state index < -0.39 is 6.09 Å². The molecule has 0 aliphatic carbocycles. The van der Waals surface area contributed by atoms with Crippen LogP contribution in [0, 0.1) is 0 Å². The second-order valence-electron chi connectivity index (χ2n) is 2.47. The SMILES string of the molecule is CCOC(=O)Nc1ccc(Cl)cc1Br. The number of halogens is 2. The quantitative estimate of drug-likeness (QED) is 0.896. The zero-order chi connectivity index (χ0) is 10.6. The molecule has 1 N–H and O–H groups in total. The van der Waals surface area contributed by atoms with Gasteiger partial charge in [0.15, 0.2) is 0 Å². The van der Waals surface area contributed by atoms with Gasteiger partial charge in [-0.3, -0.25) is 5.32 Å². The van der Waals surface area contributed by atoms with E-state index in [1.54, 1.807) is 25.1 Å². The van der Waals surface area contributed by atoms with Gasteiger partial charge in [-0.1, -0.05) is 11.6 Å². The minimum atomic E-state index is -0.476. The van der Waals surface area contributed by atoms with E-state index in [9.17, 15) is 4.79 Å². The predicted molar refractivity (Wildman–Crippen MR) is 59.8 cm³/mol. The van der Waals surface area contributed by atoms with Crippen molar-refractivity contribution < 1.29 is 9.53 Å². The Labute approximate surface area is 95.5 Å². The number of benzene rings is 1. The van der Waals surface area contributed by atoms with Crippen LogP contribution < -0.4 is 5.32 Å². The molecule has 0 saturated carbocycles. The molecule has 3 nitrogen and oxygen atoms in total. The predicted octanol–water partition coefficient (Wildman–Crippen LogP) is 3.67. The van der Waals surface area contributed by atoms with E-state index in [4.69, 9.17) is 16.3 Å². The average molecular weight is 279 g/mol. The minimum absolute atomic E-state index is 0.344. The molecule has 14 heavy (non-hydrogen) atoms. The fourth-order valence-electron chi connectivity index (χ4n) is 0.868. The summed E-state index contributed by atoms with van der Waals surface area (Å²) in [5.74, 6) is 0. The number of amides is 1. The lowest BCUT2D eigenvalue weighted by molar-refractivity contribution is 0.168. The lowest BCUT2D eigenvalue weighted by Gasteiger charge is -2.06. The fraction of sp³-hybridized carbons (Fsp3) is 0.222. The second kappa shape index (κ2) is 5.22. The molecule has 0 radical (unpaired) electrons. The summed E-state index contributed by atoms with van der Waals surface area (Å²) < 4.78 is 5.45. The summed E-state index contributed by atoms with van der Waals surface area (Å²) in [7, 11) is 0. The monoisotopic (exact) mass is 277 g/mol. The normalized spacial score (nSPS) is 9.64. The number of carbonyl (C=O) groups excluding carboxylic acids is 1. The van der Waals surface area contributed by atoms with E-state index >= 15 is 0 Å². The Balaban J connectivity index is 2.72. The van der Waals surface area contributed by atoms with Crippen molar-refractivity contribution >= 4 is 39.3 Å². The highest BCUT2D eigenvalue weighted by Crippen LogP contribution is 2.25. The van der Waals surface area contributed by atoms with E-state index in [-0.39, 0.29) is 0 Å². The molecule has 0 heterocycles. The van der Waals surface area contributed by atoms with E-state index in [1.807, 2.05) is 0 Å². The molecule has 5 heteroatoms. The molecule has 0 bridgehead atoms. The highest BCUT2D eigenvalue weighted by molar-refractivity contribution is 9.10. The van der Waals surface area contributed by atoms with Crippen LogP contribution in [0.2, 0.25) is 5.02 Å². The van der Waals surface area contributed by atoms with Gasteiger partial charge in [-0.15, -0.1) is 0 Å². The maximum Gasteiger partial charge on any atom is 0.411 e. The van der Waals surface area contributed by atoms with Crippen molar-refractivity contribution in [1.29, 1.82) is 0 Å². The Kier molecular flexibility index (Phi) is 4.22. The topological polar surface area (TPSA) is 38.3 Å². The van der Waals surface area contributed by atoms with Gasteiger partial charge in [-0.25, -0.2) is 4.79 Å². The molecule has 1 rings (SSSR count). The van der Waals surface area contributed by atoms with Gasteiger partial charge in [0.2, 0.25) is 0 Å². The lowest BCUT2D eigenvalue weighted by Crippen LogP contribution is -2.13. The molecule has 0 aromatic heterocycles. The van der Waals surface area contributed by atoms with Crippen molar-refractivity contribution in [3.63, 3.8) is 0 Å². The molecule has 0 spiro atoms. The number of rotatable bonds is 2. The van der Waals surface area contributed by atoms with Crippen LogP contribution in [0.25, 0.3) is 0 Å². The molecule has 0 fully saturated rings. The maximum absolute atomic E-state index is 11.1. The Morgan fingerprint density at radius 3 is 2.93 bits per heavy atom. The number of nitrogens with one attached hydrogen (secondary N) is 1. The number of carbonyl (C=O) groups is 1.